The van der Waals surface area contributed by atoms with Gasteiger partial charge >= 0.3 is 0 Å². The Morgan fingerprint density at radius 2 is 1.94 bits per heavy atom. The molecule has 2 N–H and O–H groups in total. The summed E-state index contributed by atoms with van der Waals surface area (Å²) < 4.78 is 3.46. The van der Waals surface area contributed by atoms with Crippen LogP contribution in [0.5, 0.6) is 0 Å². The van der Waals surface area contributed by atoms with Gasteiger partial charge in [0.25, 0.3) is 0 Å². The first-order valence-electron chi connectivity index (χ1n) is 6.35. The van der Waals surface area contributed by atoms with Crippen LogP contribution < -0.4 is 5.73 Å². The van der Waals surface area contributed by atoms with Gasteiger partial charge in [0.2, 0.25) is 0 Å². The molecule has 1 fully saturated rings. The lowest BCUT2D eigenvalue weighted by Crippen LogP contribution is -2.00. The van der Waals surface area contributed by atoms with Crippen LogP contribution in [0.25, 0.3) is 11.4 Å². The van der Waals surface area contributed by atoms with Gasteiger partial charge in [0.1, 0.15) is 5.82 Å². The molecule has 18 heavy (non-hydrogen) atoms. The van der Waals surface area contributed by atoms with Crippen LogP contribution in [0.1, 0.15) is 37.4 Å². The van der Waals surface area contributed by atoms with E-state index in [4.69, 9.17) is 5.73 Å². The summed E-state index contributed by atoms with van der Waals surface area (Å²) in [6.45, 7) is 0. The minimum atomic E-state index is 0.517. The number of rotatable bonds is 2. The van der Waals surface area contributed by atoms with Crippen molar-refractivity contribution in [2.75, 3.05) is 5.73 Å². The Bertz CT molecular complexity index is 561. The molecular formula is C12H18N6. The molecule has 2 aromatic heterocycles. The first kappa shape index (κ1) is 11.3. The van der Waals surface area contributed by atoms with Crippen molar-refractivity contribution in [1.82, 2.24) is 24.5 Å². The summed E-state index contributed by atoms with van der Waals surface area (Å²) in [5.41, 5.74) is 6.84. The summed E-state index contributed by atoms with van der Waals surface area (Å²) in [4.78, 5) is 4.65. The predicted octanol–water partition coefficient (Wildman–Crippen LogP) is 1.46. The topological polar surface area (TPSA) is 74.5 Å². The third-order valence-electron chi connectivity index (χ3n) is 3.73. The van der Waals surface area contributed by atoms with Crippen LogP contribution in [-0.4, -0.2) is 24.5 Å². The van der Waals surface area contributed by atoms with Gasteiger partial charge in [-0.05, 0) is 12.8 Å². The number of nitrogen functional groups attached to an aromatic ring is 1. The molecular weight excluding hydrogens is 228 g/mol. The fourth-order valence-corrected chi connectivity index (χ4v) is 2.62. The average molecular weight is 246 g/mol. The van der Waals surface area contributed by atoms with Gasteiger partial charge in [-0.1, -0.05) is 12.8 Å². The molecule has 0 saturated heterocycles. The number of hydrogen-bond acceptors (Lipinski definition) is 4. The number of nitrogens with two attached hydrogens (primary N) is 1. The molecule has 6 nitrogen and oxygen atoms in total. The Morgan fingerprint density at radius 1 is 1.22 bits per heavy atom. The molecule has 2 heterocycles. The molecule has 96 valence electrons. The number of hydrogen-bond donors (Lipinski definition) is 1. The number of aryl methyl sites for hydroxylation is 2. The normalized spacial score (nSPS) is 16.6. The van der Waals surface area contributed by atoms with Gasteiger partial charge in [-0.2, -0.15) is 10.2 Å². The van der Waals surface area contributed by atoms with Crippen LogP contribution in [0.2, 0.25) is 0 Å². The van der Waals surface area contributed by atoms with E-state index in [9.17, 15) is 0 Å². The van der Waals surface area contributed by atoms with Crippen molar-refractivity contribution < 1.29 is 0 Å². The van der Waals surface area contributed by atoms with Gasteiger partial charge < -0.3 is 5.73 Å². The molecule has 0 amide bonds. The van der Waals surface area contributed by atoms with Crippen LogP contribution >= 0.6 is 0 Å². The van der Waals surface area contributed by atoms with Crippen molar-refractivity contribution in [3.05, 3.63) is 12.0 Å². The van der Waals surface area contributed by atoms with Crippen LogP contribution in [0.3, 0.4) is 0 Å². The second kappa shape index (κ2) is 4.12. The van der Waals surface area contributed by atoms with Gasteiger partial charge in [-0.15, -0.1) is 0 Å². The summed E-state index contributed by atoms with van der Waals surface area (Å²) in [6.07, 6.45) is 6.72. The highest BCUT2D eigenvalue weighted by atomic mass is 15.3. The van der Waals surface area contributed by atoms with Crippen molar-refractivity contribution in [2.24, 2.45) is 14.1 Å². The number of nitrogens with zero attached hydrogens (tertiary/aromatic N) is 5. The molecule has 0 radical (unpaired) electrons. The van der Waals surface area contributed by atoms with E-state index in [1.165, 1.54) is 25.7 Å². The molecule has 3 rings (SSSR count). The first-order valence-corrected chi connectivity index (χ1v) is 6.35. The van der Waals surface area contributed by atoms with Crippen LogP contribution in [0.4, 0.5) is 5.82 Å². The Kier molecular flexibility index (Phi) is 2.57. The van der Waals surface area contributed by atoms with Crippen molar-refractivity contribution >= 4 is 5.82 Å². The lowest BCUT2D eigenvalue weighted by molar-refractivity contribution is 0.648. The lowest BCUT2D eigenvalue weighted by atomic mass is 10.1. The second-order valence-electron chi connectivity index (χ2n) is 4.97. The summed E-state index contributed by atoms with van der Waals surface area (Å²) in [5.74, 6) is 2.90. The summed E-state index contributed by atoms with van der Waals surface area (Å²) in [6, 6.07) is 0. The first-order chi connectivity index (χ1) is 8.66. The SMILES string of the molecule is Cn1nc(C2CCCC2)nc1-c1cnn(C)c1N. The van der Waals surface area contributed by atoms with Gasteiger partial charge in [0.15, 0.2) is 11.6 Å². The highest BCUT2D eigenvalue weighted by molar-refractivity contribution is 5.67. The lowest BCUT2D eigenvalue weighted by Gasteiger charge is -2.00. The predicted molar refractivity (Wildman–Crippen MR) is 68.8 cm³/mol. The zero-order valence-electron chi connectivity index (χ0n) is 10.8. The Hall–Kier alpha value is -1.85. The van der Waals surface area contributed by atoms with Crippen molar-refractivity contribution in [3.63, 3.8) is 0 Å². The quantitative estimate of drug-likeness (QED) is 0.870. The van der Waals surface area contributed by atoms with Gasteiger partial charge in [-0.3, -0.25) is 4.68 Å². The van der Waals surface area contributed by atoms with Crippen LogP contribution in [0, 0.1) is 0 Å². The zero-order valence-corrected chi connectivity index (χ0v) is 10.8. The highest BCUT2D eigenvalue weighted by Crippen LogP contribution is 2.33. The maximum atomic E-state index is 5.99. The molecule has 0 aliphatic heterocycles. The van der Waals surface area contributed by atoms with E-state index in [0.717, 1.165) is 17.2 Å². The van der Waals surface area contributed by atoms with E-state index < -0.39 is 0 Å². The van der Waals surface area contributed by atoms with Crippen molar-refractivity contribution in [1.29, 1.82) is 0 Å². The molecule has 0 atom stereocenters. The van der Waals surface area contributed by atoms with Crippen molar-refractivity contribution in [3.8, 4) is 11.4 Å². The molecule has 6 heteroatoms. The molecule has 0 spiro atoms. The second-order valence-corrected chi connectivity index (χ2v) is 4.97. The summed E-state index contributed by atoms with van der Waals surface area (Å²) in [5, 5.41) is 8.68. The zero-order chi connectivity index (χ0) is 12.7. The summed E-state index contributed by atoms with van der Waals surface area (Å²) >= 11 is 0. The van der Waals surface area contributed by atoms with Gasteiger partial charge in [0.05, 0.1) is 11.8 Å². The standard InChI is InChI=1S/C12H18N6/c1-17-10(13)9(7-14-17)12-15-11(16-18(12)2)8-5-3-4-6-8/h7-8H,3-6,13H2,1-2H3. The van der Waals surface area contributed by atoms with E-state index in [1.54, 1.807) is 15.6 Å². The van der Waals surface area contributed by atoms with Crippen LogP contribution in [0.15, 0.2) is 6.20 Å². The molecule has 1 aliphatic rings. The van der Waals surface area contributed by atoms with Crippen LogP contribution in [-0.2, 0) is 14.1 Å². The highest BCUT2D eigenvalue weighted by Gasteiger charge is 2.23. The Morgan fingerprint density at radius 3 is 2.56 bits per heavy atom. The smallest absolute Gasteiger partial charge is 0.163 e. The van der Waals surface area contributed by atoms with Gasteiger partial charge in [0, 0.05) is 20.0 Å². The largest absolute Gasteiger partial charge is 0.383 e. The molecule has 2 aromatic rings. The monoisotopic (exact) mass is 246 g/mol. The Balaban J connectivity index is 2.00. The molecule has 0 aromatic carbocycles. The van der Waals surface area contributed by atoms with E-state index >= 15 is 0 Å². The minimum Gasteiger partial charge on any atom is -0.383 e. The van der Waals surface area contributed by atoms with E-state index in [1.807, 2.05) is 14.1 Å². The molecule has 1 saturated carbocycles. The third kappa shape index (κ3) is 1.68. The average Bonchev–Trinajstić information content (AvgIpc) is 3.03. The van der Waals surface area contributed by atoms with Gasteiger partial charge in [-0.25, -0.2) is 9.67 Å². The maximum Gasteiger partial charge on any atom is 0.163 e. The summed E-state index contributed by atoms with van der Waals surface area (Å²) in [7, 11) is 3.74. The molecule has 1 aliphatic carbocycles. The van der Waals surface area contributed by atoms with E-state index in [2.05, 4.69) is 15.2 Å². The maximum absolute atomic E-state index is 5.99. The number of aromatic nitrogens is 5. The minimum absolute atomic E-state index is 0.517. The fraction of sp³-hybridized carbons (Fsp3) is 0.583. The Labute approximate surface area is 106 Å². The van der Waals surface area contributed by atoms with Crippen molar-refractivity contribution in [2.45, 2.75) is 31.6 Å². The molecule has 0 unspecified atom stereocenters. The molecule has 0 bridgehead atoms. The van der Waals surface area contributed by atoms with E-state index in [-0.39, 0.29) is 0 Å². The fourth-order valence-electron chi connectivity index (χ4n) is 2.62. The third-order valence-corrected chi connectivity index (χ3v) is 3.73. The number of anilines is 1. The van der Waals surface area contributed by atoms with E-state index in [0.29, 0.717) is 11.7 Å².